The van der Waals surface area contributed by atoms with Crippen LogP contribution < -0.4 is 4.90 Å². The Bertz CT molecular complexity index is 1520. The minimum Gasteiger partial charge on any atom is -0.508 e. The predicted octanol–water partition coefficient (Wildman–Crippen LogP) is 7.35. The van der Waals surface area contributed by atoms with Crippen LogP contribution >= 0.6 is 11.6 Å². The third-order valence-electron chi connectivity index (χ3n) is 7.89. The van der Waals surface area contributed by atoms with Crippen molar-refractivity contribution in [3.8, 4) is 0 Å². The first-order valence-corrected chi connectivity index (χ1v) is 15.7. The Morgan fingerprint density at radius 3 is 2.58 bits per heavy atom. The van der Waals surface area contributed by atoms with Crippen molar-refractivity contribution in [3.63, 3.8) is 0 Å². The van der Waals surface area contributed by atoms with Crippen LogP contribution in [-0.4, -0.2) is 64.7 Å². The second-order valence-corrected chi connectivity index (χ2v) is 13.5. The summed E-state index contributed by atoms with van der Waals surface area (Å²) in [6.45, 7) is 7.56. The Morgan fingerprint density at radius 1 is 1.20 bits per heavy atom. The van der Waals surface area contributed by atoms with Crippen LogP contribution in [-0.2, 0) is 10.7 Å². The van der Waals surface area contributed by atoms with Gasteiger partial charge in [0.2, 0.25) is 5.95 Å². The molecule has 0 atom stereocenters. The van der Waals surface area contributed by atoms with E-state index in [1.165, 1.54) is 6.08 Å². The van der Waals surface area contributed by atoms with Crippen LogP contribution in [0.2, 0.25) is 5.02 Å². The van der Waals surface area contributed by atoms with Gasteiger partial charge in [-0.1, -0.05) is 53.5 Å². The zero-order chi connectivity index (χ0) is 28.6. The number of anilines is 1. The van der Waals surface area contributed by atoms with Crippen LogP contribution in [0.1, 0.15) is 43.4 Å². The van der Waals surface area contributed by atoms with Crippen molar-refractivity contribution in [2.24, 2.45) is 10.3 Å². The molecule has 3 heterocycles. The lowest BCUT2D eigenvalue weighted by molar-refractivity contribution is 0.245. The van der Waals surface area contributed by atoms with Crippen molar-refractivity contribution in [1.29, 1.82) is 0 Å². The van der Waals surface area contributed by atoms with Gasteiger partial charge in [-0.05, 0) is 81.6 Å². The van der Waals surface area contributed by atoms with E-state index in [1.807, 2.05) is 31.2 Å². The molecule has 1 N–H and O–H groups in total. The van der Waals surface area contributed by atoms with Gasteiger partial charge in [0, 0.05) is 36.2 Å². The van der Waals surface area contributed by atoms with Crippen molar-refractivity contribution in [1.82, 2.24) is 14.9 Å². The van der Waals surface area contributed by atoms with E-state index in [9.17, 15) is 5.11 Å². The second-order valence-electron chi connectivity index (χ2n) is 11.2. The quantitative estimate of drug-likeness (QED) is 0.244. The number of nitrogens with zero attached hydrogens (tertiary/aromatic N) is 5. The van der Waals surface area contributed by atoms with Crippen molar-refractivity contribution in [2.75, 3.05) is 43.6 Å². The number of aromatic nitrogens is 2. The molecule has 0 aliphatic carbocycles. The molecule has 9 heteroatoms. The summed E-state index contributed by atoms with van der Waals surface area (Å²) >= 11 is 6.71. The smallest absolute Gasteiger partial charge is 0.228 e. The molecule has 212 valence electrons. The van der Waals surface area contributed by atoms with E-state index >= 15 is 4.39 Å². The molecule has 0 amide bonds. The Kier molecular flexibility index (Phi) is 8.59. The molecule has 0 unspecified atom stereocenters. The van der Waals surface area contributed by atoms with Crippen molar-refractivity contribution in [2.45, 2.75) is 39.7 Å². The van der Waals surface area contributed by atoms with Gasteiger partial charge >= 0.3 is 0 Å². The monoisotopic (exact) mass is 581 g/mol. The van der Waals surface area contributed by atoms with E-state index in [0.29, 0.717) is 34.7 Å². The van der Waals surface area contributed by atoms with Crippen LogP contribution in [0.25, 0.3) is 22.6 Å². The fraction of sp³-hybridized carbons (Fsp3) is 0.419. The van der Waals surface area contributed by atoms with E-state index in [4.69, 9.17) is 25.9 Å². The number of benzene rings is 2. The van der Waals surface area contributed by atoms with Crippen LogP contribution in [0, 0.1) is 18.7 Å². The molecular formula is C31H37ClFN5OS. The topological polar surface area (TPSA) is 64.9 Å². The van der Waals surface area contributed by atoms with Crippen LogP contribution in [0.15, 0.2) is 46.5 Å². The van der Waals surface area contributed by atoms with E-state index in [1.54, 1.807) is 19.1 Å². The lowest BCUT2D eigenvalue weighted by Crippen LogP contribution is -2.58. The van der Waals surface area contributed by atoms with E-state index in [2.05, 4.69) is 30.8 Å². The number of aryl methyl sites for hydroxylation is 1. The third-order valence-corrected chi connectivity index (χ3v) is 10.0. The molecule has 6 nitrogen and oxygen atoms in total. The minimum absolute atomic E-state index is 0.0180. The largest absolute Gasteiger partial charge is 0.508 e. The van der Waals surface area contributed by atoms with Crippen molar-refractivity contribution in [3.05, 3.63) is 69.7 Å². The molecule has 2 aromatic carbocycles. The van der Waals surface area contributed by atoms with Gasteiger partial charge in [0.1, 0.15) is 11.3 Å². The summed E-state index contributed by atoms with van der Waals surface area (Å²) in [6, 6.07) is 9.89. The highest BCUT2D eigenvalue weighted by molar-refractivity contribution is 7.87. The zero-order valence-corrected chi connectivity index (χ0v) is 25.4. The van der Waals surface area contributed by atoms with Crippen LogP contribution in [0.3, 0.4) is 0 Å². The Labute approximate surface area is 243 Å². The molecule has 0 spiro atoms. The number of rotatable bonds is 6. The molecule has 0 radical (unpaired) electrons. The van der Waals surface area contributed by atoms with Gasteiger partial charge in [0.05, 0.1) is 10.4 Å². The fourth-order valence-electron chi connectivity index (χ4n) is 5.06. The van der Waals surface area contributed by atoms with Gasteiger partial charge in [-0.3, -0.25) is 0 Å². The van der Waals surface area contributed by atoms with E-state index < -0.39 is 5.82 Å². The van der Waals surface area contributed by atoms with Gasteiger partial charge in [0.15, 0.2) is 11.6 Å². The SMILES string of the molecule is C/C(=C\C(O)=C/c1ccccc1C)c1c(Cl)cc2c(N=S3CCC(C)CC3)nc(N3CC(N(C)C)C3)nc2c1F. The van der Waals surface area contributed by atoms with Gasteiger partial charge in [-0.15, -0.1) is 0 Å². The summed E-state index contributed by atoms with van der Waals surface area (Å²) in [5.41, 5.74) is 2.86. The molecule has 2 aliphatic heterocycles. The molecular weight excluding hydrogens is 545 g/mol. The first kappa shape index (κ1) is 28.7. The molecule has 3 aromatic rings. The third kappa shape index (κ3) is 6.09. The Morgan fingerprint density at radius 2 is 1.90 bits per heavy atom. The Hall–Kier alpha value is -2.81. The molecule has 2 saturated heterocycles. The number of hydrogen-bond donors (Lipinski definition) is 1. The van der Waals surface area contributed by atoms with Crippen LogP contribution in [0.4, 0.5) is 16.2 Å². The summed E-state index contributed by atoms with van der Waals surface area (Å²) in [5, 5.41) is 11.5. The lowest BCUT2D eigenvalue weighted by atomic mass is 10.0. The van der Waals surface area contributed by atoms with Gasteiger partial charge in [-0.25, -0.2) is 13.7 Å². The minimum atomic E-state index is -0.523. The number of hydrogen-bond acceptors (Lipinski definition) is 6. The maximum atomic E-state index is 16.3. The van der Waals surface area contributed by atoms with Gasteiger partial charge in [-0.2, -0.15) is 4.98 Å². The first-order chi connectivity index (χ1) is 19.1. The maximum Gasteiger partial charge on any atom is 0.228 e. The number of aliphatic hydroxyl groups excluding tert-OH is 1. The molecule has 2 fully saturated rings. The van der Waals surface area contributed by atoms with Gasteiger partial charge < -0.3 is 14.9 Å². The van der Waals surface area contributed by atoms with E-state index in [0.717, 1.165) is 48.6 Å². The number of fused-ring (bicyclic) bond motifs is 1. The molecule has 40 heavy (non-hydrogen) atoms. The average Bonchev–Trinajstić information content (AvgIpc) is 2.86. The molecule has 0 bridgehead atoms. The number of aliphatic hydroxyl groups is 1. The summed E-state index contributed by atoms with van der Waals surface area (Å²) in [5.74, 6) is 3.27. The zero-order valence-electron chi connectivity index (χ0n) is 23.8. The highest BCUT2D eigenvalue weighted by Crippen LogP contribution is 2.38. The second kappa shape index (κ2) is 12.0. The van der Waals surface area contributed by atoms with Gasteiger partial charge in [0.25, 0.3) is 0 Å². The highest BCUT2D eigenvalue weighted by atomic mass is 35.5. The summed E-state index contributed by atoms with van der Waals surface area (Å²) in [4.78, 5) is 13.8. The summed E-state index contributed by atoms with van der Waals surface area (Å²) in [7, 11) is 3.96. The first-order valence-electron chi connectivity index (χ1n) is 13.8. The molecule has 2 aliphatic rings. The number of halogens is 2. The maximum absolute atomic E-state index is 16.3. The number of likely N-dealkylation sites (N-methyl/N-ethyl adjacent to an activating group) is 1. The fourth-order valence-corrected chi connectivity index (χ4v) is 7.52. The molecule has 1 aromatic heterocycles. The summed E-state index contributed by atoms with van der Waals surface area (Å²) in [6.07, 6.45) is 5.49. The van der Waals surface area contributed by atoms with Crippen molar-refractivity contribution >= 4 is 56.6 Å². The van der Waals surface area contributed by atoms with Crippen molar-refractivity contribution < 1.29 is 9.50 Å². The molecule has 5 rings (SSSR count). The molecule has 0 saturated carbocycles. The standard InChI is InChI=1S/C31H37ClFN5OS/c1-19-10-12-40(13-11-19)36-30-25-16-26(32)27(21(3)14-24(39)15-22-9-7-6-8-20(22)2)28(33)29(25)34-31(35-30)38-17-23(18-38)37(4)5/h6-9,14-16,19,23,39H,10-13,17-18H2,1-5H3/b21-14+,24-15+. The average molecular weight is 582 g/mol. The van der Waals surface area contributed by atoms with E-state index in [-0.39, 0.29) is 32.6 Å². The predicted molar refractivity (Wildman–Crippen MR) is 167 cm³/mol. The normalized spacial score (nSPS) is 20.8. The highest BCUT2D eigenvalue weighted by Gasteiger charge is 2.31. The number of allylic oxidation sites excluding steroid dienone is 2. The Balaban J connectivity index is 1.59. The lowest BCUT2D eigenvalue weighted by Gasteiger charge is -2.42. The summed E-state index contributed by atoms with van der Waals surface area (Å²) < 4.78 is 21.4. The van der Waals surface area contributed by atoms with Crippen LogP contribution in [0.5, 0.6) is 0 Å².